The molecule has 20 heavy (non-hydrogen) atoms. The molecule has 1 aromatic rings. The molecule has 3 rings (SSSR count). The minimum Gasteiger partial charge on any atom is -0.481 e. The number of carbonyl (C=O) groups is 2. The van der Waals surface area contributed by atoms with Gasteiger partial charge in [0.25, 0.3) is 0 Å². The molecule has 0 unspecified atom stereocenters. The molecule has 1 saturated carbocycles. The van der Waals surface area contributed by atoms with Crippen molar-refractivity contribution in [1.29, 1.82) is 0 Å². The number of nitrogens with one attached hydrogen (secondary N) is 1. The van der Waals surface area contributed by atoms with Gasteiger partial charge in [0.15, 0.2) is 0 Å². The SMILES string of the molecule is O=C(O)[C@@H]1[C@H](C(=O)Nc2ccc(F)cc2)[C@H]2C=C[C@H]1C2. The third-order valence-electron chi connectivity index (χ3n) is 4.16. The topological polar surface area (TPSA) is 66.4 Å². The predicted molar refractivity (Wildman–Crippen MR) is 70.4 cm³/mol. The second kappa shape index (κ2) is 4.74. The first kappa shape index (κ1) is 12.8. The number of carboxylic acid groups (broad SMARTS) is 1. The van der Waals surface area contributed by atoms with Gasteiger partial charge < -0.3 is 10.4 Å². The zero-order chi connectivity index (χ0) is 14.3. The lowest BCUT2D eigenvalue weighted by molar-refractivity contribution is -0.146. The first-order chi connectivity index (χ1) is 9.56. The first-order valence-electron chi connectivity index (χ1n) is 6.54. The van der Waals surface area contributed by atoms with Gasteiger partial charge in [-0.1, -0.05) is 12.2 Å². The van der Waals surface area contributed by atoms with E-state index in [4.69, 9.17) is 0 Å². The van der Waals surface area contributed by atoms with Crippen LogP contribution in [0.15, 0.2) is 36.4 Å². The van der Waals surface area contributed by atoms with Crippen LogP contribution in [0.25, 0.3) is 0 Å². The number of benzene rings is 1. The predicted octanol–water partition coefficient (Wildman–Crippen LogP) is 2.29. The Morgan fingerprint density at radius 1 is 1.10 bits per heavy atom. The lowest BCUT2D eigenvalue weighted by atomic mass is 9.82. The normalized spacial score (nSPS) is 30.4. The molecule has 5 heteroatoms. The van der Waals surface area contributed by atoms with Crippen molar-refractivity contribution in [2.24, 2.45) is 23.7 Å². The fourth-order valence-electron chi connectivity index (χ4n) is 3.28. The van der Waals surface area contributed by atoms with Crippen LogP contribution in [0.1, 0.15) is 6.42 Å². The van der Waals surface area contributed by atoms with E-state index in [1.165, 1.54) is 24.3 Å². The summed E-state index contributed by atoms with van der Waals surface area (Å²) in [5.41, 5.74) is 0.479. The van der Waals surface area contributed by atoms with Gasteiger partial charge in [-0.3, -0.25) is 9.59 Å². The molecule has 0 aromatic heterocycles. The molecule has 2 N–H and O–H groups in total. The molecule has 0 aliphatic heterocycles. The summed E-state index contributed by atoms with van der Waals surface area (Å²) in [6.07, 6.45) is 4.54. The molecule has 1 fully saturated rings. The Labute approximate surface area is 115 Å². The van der Waals surface area contributed by atoms with Crippen molar-refractivity contribution < 1.29 is 19.1 Å². The van der Waals surface area contributed by atoms with Crippen LogP contribution in [-0.2, 0) is 9.59 Å². The Kier molecular flexibility index (Phi) is 3.04. The van der Waals surface area contributed by atoms with Gasteiger partial charge in [-0.25, -0.2) is 4.39 Å². The lowest BCUT2D eigenvalue weighted by Crippen LogP contribution is -2.36. The van der Waals surface area contributed by atoms with E-state index in [1.54, 1.807) is 0 Å². The molecule has 104 valence electrons. The summed E-state index contributed by atoms with van der Waals surface area (Å²) in [4.78, 5) is 23.6. The average molecular weight is 275 g/mol. The van der Waals surface area contributed by atoms with Crippen molar-refractivity contribution in [3.63, 3.8) is 0 Å². The zero-order valence-electron chi connectivity index (χ0n) is 10.6. The van der Waals surface area contributed by atoms with Crippen LogP contribution in [0, 0.1) is 29.5 Å². The molecule has 1 aromatic carbocycles. The van der Waals surface area contributed by atoms with Gasteiger partial charge >= 0.3 is 5.97 Å². The second-order valence-corrected chi connectivity index (χ2v) is 5.33. The summed E-state index contributed by atoms with van der Waals surface area (Å²) in [5.74, 6) is -2.89. The molecule has 0 radical (unpaired) electrons. The van der Waals surface area contributed by atoms with Gasteiger partial charge in [-0.05, 0) is 42.5 Å². The number of aliphatic carboxylic acids is 1. The first-order valence-corrected chi connectivity index (χ1v) is 6.54. The molecule has 0 heterocycles. The van der Waals surface area contributed by atoms with Gasteiger partial charge in [-0.15, -0.1) is 0 Å². The van der Waals surface area contributed by atoms with Crippen molar-refractivity contribution in [3.05, 3.63) is 42.2 Å². The van der Waals surface area contributed by atoms with Crippen LogP contribution in [0.4, 0.5) is 10.1 Å². The summed E-state index contributed by atoms with van der Waals surface area (Å²) < 4.78 is 12.8. The molecular weight excluding hydrogens is 261 g/mol. The number of fused-ring (bicyclic) bond motifs is 2. The van der Waals surface area contributed by atoms with Crippen molar-refractivity contribution in [1.82, 2.24) is 0 Å². The minimum absolute atomic E-state index is 0.0125. The molecule has 2 bridgehead atoms. The highest BCUT2D eigenvalue weighted by Crippen LogP contribution is 2.48. The number of carbonyl (C=O) groups excluding carboxylic acids is 1. The van der Waals surface area contributed by atoms with E-state index in [9.17, 15) is 19.1 Å². The standard InChI is InChI=1S/C15H14FNO3/c16-10-3-5-11(6-4-10)17-14(18)12-8-1-2-9(7-8)13(12)15(19)20/h1-6,8-9,12-13H,7H2,(H,17,18)(H,19,20)/t8-,9-,12+,13-/m0/s1. The van der Waals surface area contributed by atoms with E-state index in [2.05, 4.69) is 5.32 Å². The van der Waals surface area contributed by atoms with E-state index < -0.39 is 17.8 Å². The quantitative estimate of drug-likeness (QED) is 0.832. The maximum atomic E-state index is 12.8. The monoisotopic (exact) mass is 275 g/mol. The van der Waals surface area contributed by atoms with Gasteiger partial charge in [0.2, 0.25) is 5.91 Å². The third kappa shape index (κ3) is 2.09. The number of rotatable bonds is 3. The number of hydrogen-bond acceptors (Lipinski definition) is 2. The summed E-state index contributed by atoms with van der Waals surface area (Å²) in [6.45, 7) is 0. The van der Waals surface area contributed by atoms with Crippen LogP contribution in [0.5, 0.6) is 0 Å². The van der Waals surface area contributed by atoms with Gasteiger partial charge in [-0.2, -0.15) is 0 Å². The number of amides is 1. The summed E-state index contributed by atoms with van der Waals surface area (Å²) in [7, 11) is 0. The molecule has 0 spiro atoms. The maximum absolute atomic E-state index is 12.8. The van der Waals surface area contributed by atoms with Gasteiger partial charge in [0, 0.05) is 5.69 Å². The lowest BCUT2D eigenvalue weighted by Gasteiger charge is -2.23. The largest absolute Gasteiger partial charge is 0.481 e. The molecule has 0 saturated heterocycles. The Bertz CT molecular complexity index is 581. The summed E-state index contributed by atoms with van der Waals surface area (Å²) >= 11 is 0. The minimum atomic E-state index is -0.930. The number of halogens is 1. The highest BCUT2D eigenvalue weighted by molar-refractivity contribution is 5.96. The van der Waals surface area contributed by atoms with E-state index in [0.717, 1.165) is 6.42 Å². The number of hydrogen-bond donors (Lipinski definition) is 2. The number of anilines is 1. The molecule has 2 aliphatic rings. The van der Waals surface area contributed by atoms with Crippen LogP contribution in [0.2, 0.25) is 0 Å². The van der Waals surface area contributed by atoms with Gasteiger partial charge in [0.05, 0.1) is 11.8 Å². The van der Waals surface area contributed by atoms with Crippen LogP contribution in [-0.4, -0.2) is 17.0 Å². The van der Waals surface area contributed by atoms with E-state index in [0.29, 0.717) is 5.69 Å². The summed E-state index contributed by atoms with van der Waals surface area (Å²) in [6, 6.07) is 5.44. The van der Waals surface area contributed by atoms with Crippen LogP contribution < -0.4 is 5.32 Å². The molecule has 4 nitrogen and oxygen atoms in total. The van der Waals surface area contributed by atoms with E-state index >= 15 is 0 Å². The Morgan fingerprint density at radius 2 is 1.70 bits per heavy atom. The van der Waals surface area contributed by atoms with E-state index in [-0.39, 0.29) is 23.6 Å². The van der Waals surface area contributed by atoms with Crippen LogP contribution in [0.3, 0.4) is 0 Å². The highest BCUT2D eigenvalue weighted by atomic mass is 19.1. The Balaban J connectivity index is 1.78. The fourth-order valence-corrected chi connectivity index (χ4v) is 3.28. The zero-order valence-corrected chi connectivity index (χ0v) is 10.6. The van der Waals surface area contributed by atoms with Crippen LogP contribution >= 0.6 is 0 Å². The second-order valence-electron chi connectivity index (χ2n) is 5.33. The van der Waals surface area contributed by atoms with Gasteiger partial charge in [0.1, 0.15) is 5.82 Å². The molecule has 4 atom stereocenters. The van der Waals surface area contributed by atoms with Crippen molar-refractivity contribution >= 4 is 17.6 Å². The fraction of sp³-hybridized carbons (Fsp3) is 0.333. The highest BCUT2D eigenvalue weighted by Gasteiger charge is 2.51. The number of allylic oxidation sites excluding steroid dienone is 2. The smallest absolute Gasteiger partial charge is 0.307 e. The molecular formula is C15H14FNO3. The maximum Gasteiger partial charge on any atom is 0.307 e. The molecule has 2 aliphatic carbocycles. The van der Waals surface area contributed by atoms with Crippen molar-refractivity contribution in [3.8, 4) is 0 Å². The summed E-state index contributed by atoms with van der Waals surface area (Å²) in [5, 5.41) is 12.0. The molecule has 1 amide bonds. The Morgan fingerprint density at radius 3 is 2.30 bits per heavy atom. The Hall–Kier alpha value is -2.17. The van der Waals surface area contributed by atoms with Crippen molar-refractivity contribution in [2.75, 3.05) is 5.32 Å². The third-order valence-corrected chi connectivity index (χ3v) is 4.16. The van der Waals surface area contributed by atoms with E-state index in [1.807, 2.05) is 12.2 Å². The average Bonchev–Trinajstić information content (AvgIpc) is 3.01. The van der Waals surface area contributed by atoms with Crippen molar-refractivity contribution in [2.45, 2.75) is 6.42 Å². The number of carboxylic acids is 1.